The first-order valence-corrected chi connectivity index (χ1v) is 5.49. The Morgan fingerprint density at radius 1 is 1.19 bits per heavy atom. The van der Waals surface area contributed by atoms with E-state index < -0.39 is 5.97 Å². The Bertz CT molecular complexity index is 316. The van der Waals surface area contributed by atoms with Gasteiger partial charge in [0.05, 0.1) is 0 Å². The van der Waals surface area contributed by atoms with Gasteiger partial charge in [-0.3, -0.25) is 0 Å². The highest BCUT2D eigenvalue weighted by Gasteiger charge is 1.96. The van der Waals surface area contributed by atoms with Gasteiger partial charge in [-0.1, -0.05) is 24.3 Å². The molecule has 0 aromatic heterocycles. The predicted molar refractivity (Wildman–Crippen MR) is 60.0 cm³/mol. The Balaban J connectivity index is 2.38. The highest BCUT2D eigenvalue weighted by molar-refractivity contribution is 5.64. The fourth-order valence-electron chi connectivity index (χ4n) is 1.54. The number of aliphatic carboxylic acids is 1. The van der Waals surface area contributed by atoms with Crippen molar-refractivity contribution in [3.8, 4) is 0 Å². The van der Waals surface area contributed by atoms with E-state index in [-0.39, 0.29) is 6.42 Å². The lowest BCUT2D eigenvalue weighted by Crippen LogP contribution is -2.22. The molecule has 16 heavy (non-hydrogen) atoms. The van der Waals surface area contributed by atoms with Crippen LogP contribution in [0.5, 0.6) is 0 Å². The minimum Gasteiger partial charge on any atom is -0.550 e. The number of hydrogen-bond donors (Lipinski definition) is 0. The Morgan fingerprint density at radius 3 is 2.25 bits per heavy atom. The molecule has 1 aromatic rings. The van der Waals surface area contributed by atoms with E-state index >= 15 is 0 Å². The molecule has 88 valence electrons. The molecule has 1 rings (SSSR count). The second kappa shape index (κ2) is 7.01. The quantitative estimate of drug-likeness (QED) is 0.644. The SMILES string of the molecule is COCCCc1ccc(CCC(=O)[O-])cc1. The smallest absolute Gasteiger partial charge is 0.0465 e. The molecule has 3 nitrogen and oxygen atoms in total. The summed E-state index contributed by atoms with van der Waals surface area (Å²) in [5.41, 5.74) is 2.30. The summed E-state index contributed by atoms with van der Waals surface area (Å²) in [7, 11) is 1.70. The van der Waals surface area contributed by atoms with Crippen LogP contribution < -0.4 is 5.11 Å². The summed E-state index contributed by atoms with van der Waals surface area (Å²) in [5.74, 6) is -0.996. The third-order valence-corrected chi connectivity index (χ3v) is 2.45. The summed E-state index contributed by atoms with van der Waals surface area (Å²) in [6.45, 7) is 0.770. The number of benzene rings is 1. The number of carbonyl (C=O) groups excluding carboxylic acids is 1. The minimum atomic E-state index is -0.996. The highest BCUT2D eigenvalue weighted by Crippen LogP contribution is 2.08. The lowest BCUT2D eigenvalue weighted by atomic mass is 10.0. The zero-order valence-corrected chi connectivity index (χ0v) is 9.57. The van der Waals surface area contributed by atoms with Crippen LogP contribution in [0, 0.1) is 0 Å². The average molecular weight is 221 g/mol. The van der Waals surface area contributed by atoms with Crippen molar-refractivity contribution < 1.29 is 14.6 Å². The van der Waals surface area contributed by atoms with Crippen LogP contribution in [0.15, 0.2) is 24.3 Å². The maximum absolute atomic E-state index is 10.3. The Labute approximate surface area is 96.1 Å². The second-order valence-electron chi connectivity index (χ2n) is 3.78. The number of carboxylic acid groups (broad SMARTS) is 1. The first-order chi connectivity index (χ1) is 7.72. The molecule has 0 atom stereocenters. The zero-order valence-electron chi connectivity index (χ0n) is 9.57. The summed E-state index contributed by atoms with van der Waals surface area (Å²) in [6.07, 6.45) is 2.63. The van der Waals surface area contributed by atoms with Crippen molar-refractivity contribution >= 4 is 5.97 Å². The number of rotatable bonds is 7. The molecule has 0 radical (unpaired) electrons. The number of carboxylic acids is 1. The molecule has 0 saturated carbocycles. The Kier molecular flexibility index (Phi) is 5.57. The van der Waals surface area contributed by atoms with Gasteiger partial charge in [-0.25, -0.2) is 0 Å². The van der Waals surface area contributed by atoms with Gasteiger partial charge in [-0.05, 0) is 36.8 Å². The molecule has 0 heterocycles. The van der Waals surface area contributed by atoms with Gasteiger partial charge in [-0.15, -0.1) is 0 Å². The Morgan fingerprint density at radius 2 is 1.75 bits per heavy atom. The molecular weight excluding hydrogens is 204 g/mol. The lowest BCUT2D eigenvalue weighted by molar-refractivity contribution is -0.305. The van der Waals surface area contributed by atoms with Gasteiger partial charge in [0.15, 0.2) is 0 Å². The van der Waals surface area contributed by atoms with Crippen molar-refractivity contribution in [2.45, 2.75) is 25.7 Å². The van der Waals surface area contributed by atoms with Crippen LogP contribution in [-0.4, -0.2) is 19.7 Å². The van der Waals surface area contributed by atoms with Gasteiger partial charge in [0, 0.05) is 19.7 Å². The van der Waals surface area contributed by atoms with Gasteiger partial charge in [-0.2, -0.15) is 0 Å². The molecule has 0 saturated heterocycles. The molecule has 0 amide bonds. The van der Waals surface area contributed by atoms with E-state index in [2.05, 4.69) is 0 Å². The van der Waals surface area contributed by atoms with Crippen molar-refractivity contribution in [1.82, 2.24) is 0 Å². The first kappa shape index (κ1) is 12.7. The van der Waals surface area contributed by atoms with Crippen molar-refractivity contribution in [2.24, 2.45) is 0 Å². The number of carbonyl (C=O) groups is 1. The van der Waals surface area contributed by atoms with E-state index in [1.54, 1.807) is 7.11 Å². The third-order valence-electron chi connectivity index (χ3n) is 2.45. The van der Waals surface area contributed by atoms with Crippen molar-refractivity contribution in [3.05, 3.63) is 35.4 Å². The van der Waals surface area contributed by atoms with Gasteiger partial charge in [0.2, 0.25) is 0 Å². The first-order valence-electron chi connectivity index (χ1n) is 5.49. The van der Waals surface area contributed by atoms with E-state index in [1.807, 2.05) is 24.3 Å². The Hall–Kier alpha value is -1.35. The zero-order chi connectivity index (χ0) is 11.8. The van der Waals surface area contributed by atoms with E-state index in [1.165, 1.54) is 5.56 Å². The summed E-state index contributed by atoms with van der Waals surface area (Å²) in [5, 5.41) is 10.3. The van der Waals surface area contributed by atoms with Crippen molar-refractivity contribution in [3.63, 3.8) is 0 Å². The lowest BCUT2D eigenvalue weighted by Gasteiger charge is -2.05. The maximum atomic E-state index is 10.3. The fraction of sp³-hybridized carbons (Fsp3) is 0.462. The van der Waals surface area contributed by atoms with E-state index in [0.717, 1.165) is 25.0 Å². The molecule has 3 heteroatoms. The van der Waals surface area contributed by atoms with Crippen molar-refractivity contribution in [2.75, 3.05) is 13.7 Å². The monoisotopic (exact) mass is 221 g/mol. The topological polar surface area (TPSA) is 49.4 Å². The number of aryl methyl sites for hydroxylation is 2. The van der Waals surface area contributed by atoms with Crippen LogP contribution >= 0.6 is 0 Å². The summed E-state index contributed by atoms with van der Waals surface area (Å²) in [4.78, 5) is 10.3. The number of hydrogen-bond acceptors (Lipinski definition) is 3. The standard InChI is InChI=1S/C13H18O3/c1-16-10-2-3-11-4-6-12(7-5-11)8-9-13(14)15/h4-7H,2-3,8-10H2,1H3,(H,14,15)/p-1. The third kappa shape index (κ3) is 4.94. The summed E-state index contributed by atoms with van der Waals surface area (Å²) >= 11 is 0. The fourth-order valence-corrected chi connectivity index (χ4v) is 1.54. The molecule has 0 aliphatic rings. The van der Waals surface area contributed by atoms with Gasteiger partial charge in [0.1, 0.15) is 0 Å². The van der Waals surface area contributed by atoms with Crippen LogP contribution in [0.1, 0.15) is 24.0 Å². The molecule has 0 spiro atoms. The van der Waals surface area contributed by atoms with E-state index in [9.17, 15) is 9.90 Å². The highest BCUT2D eigenvalue weighted by atomic mass is 16.5. The van der Waals surface area contributed by atoms with Crippen molar-refractivity contribution in [1.29, 1.82) is 0 Å². The van der Waals surface area contributed by atoms with Crippen LogP contribution in [0.25, 0.3) is 0 Å². The molecule has 0 N–H and O–H groups in total. The largest absolute Gasteiger partial charge is 0.550 e. The molecule has 0 fully saturated rings. The second-order valence-corrected chi connectivity index (χ2v) is 3.78. The molecule has 0 bridgehead atoms. The molecule has 1 aromatic carbocycles. The predicted octanol–water partition coefficient (Wildman–Crippen LogP) is 0.948. The van der Waals surface area contributed by atoms with Crippen LogP contribution in [-0.2, 0) is 22.4 Å². The van der Waals surface area contributed by atoms with Crippen LogP contribution in [0.3, 0.4) is 0 Å². The van der Waals surface area contributed by atoms with E-state index in [4.69, 9.17) is 4.74 Å². The normalized spacial score (nSPS) is 10.3. The van der Waals surface area contributed by atoms with E-state index in [0.29, 0.717) is 6.42 Å². The van der Waals surface area contributed by atoms with Crippen LogP contribution in [0.2, 0.25) is 0 Å². The minimum absolute atomic E-state index is 0.0863. The molecule has 0 aliphatic heterocycles. The van der Waals surface area contributed by atoms with Gasteiger partial charge in [0.25, 0.3) is 0 Å². The average Bonchev–Trinajstić information content (AvgIpc) is 2.28. The molecule has 0 unspecified atom stereocenters. The number of methoxy groups -OCH3 is 1. The van der Waals surface area contributed by atoms with Gasteiger partial charge >= 0.3 is 0 Å². The molecular formula is C13H17O3-. The summed E-state index contributed by atoms with van der Waals surface area (Å²) in [6, 6.07) is 8.04. The number of ether oxygens (including phenoxy) is 1. The molecule has 0 aliphatic carbocycles. The summed E-state index contributed by atoms with van der Waals surface area (Å²) < 4.78 is 4.98. The maximum Gasteiger partial charge on any atom is 0.0465 e. The van der Waals surface area contributed by atoms with Gasteiger partial charge < -0.3 is 14.6 Å². The van der Waals surface area contributed by atoms with Crippen LogP contribution in [0.4, 0.5) is 0 Å².